The first-order chi connectivity index (χ1) is 9.19. The topological polar surface area (TPSA) is 29.5 Å². The molecule has 2 aromatic rings. The van der Waals surface area contributed by atoms with E-state index in [1.807, 2.05) is 0 Å². The lowest BCUT2D eigenvalue weighted by atomic mass is 10.0. The quantitative estimate of drug-likeness (QED) is 0.906. The first-order valence-electron chi connectivity index (χ1n) is 5.93. The van der Waals surface area contributed by atoms with E-state index in [1.165, 1.54) is 12.1 Å². The fraction of sp³-hybridized carbons (Fsp3) is 0.200. The summed E-state index contributed by atoms with van der Waals surface area (Å²) in [7, 11) is 0. The Labute approximate surface area is 116 Å². The van der Waals surface area contributed by atoms with E-state index in [0.29, 0.717) is 17.4 Å². The van der Waals surface area contributed by atoms with Crippen molar-refractivity contribution in [1.82, 2.24) is 0 Å². The number of aliphatic hydroxyl groups excluding tert-OH is 1. The molecule has 0 heterocycles. The third kappa shape index (κ3) is 3.94. The summed E-state index contributed by atoms with van der Waals surface area (Å²) in [6.07, 6.45) is 0. The maximum Gasteiger partial charge on any atom is 0.123 e. The van der Waals surface area contributed by atoms with Gasteiger partial charge in [-0.3, -0.25) is 0 Å². The summed E-state index contributed by atoms with van der Waals surface area (Å²) in [5.41, 5.74) is 0.839. The number of rotatable bonds is 5. The SMILES string of the molecule is OCC(COc1cccc(Cl)c1)c1ccc(F)cc1. The second-order valence-corrected chi connectivity index (χ2v) is 4.64. The van der Waals surface area contributed by atoms with Gasteiger partial charge in [-0.2, -0.15) is 0 Å². The number of aliphatic hydroxyl groups is 1. The largest absolute Gasteiger partial charge is 0.493 e. The minimum Gasteiger partial charge on any atom is -0.493 e. The van der Waals surface area contributed by atoms with Gasteiger partial charge >= 0.3 is 0 Å². The second-order valence-electron chi connectivity index (χ2n) is 4.20. The van der Waals surface area contributed by atoms with Crippen LogP contribution in [0, 0.1) is 5.82 Å². The average molecular weight is 281 g/mol. The lowest BCUT2D eigenvalue weighted by Crippen LogP contribution is -2.14. The Morgan fingerprint density at radius 1 is 1.16 bits per heavy atom. The molecule has 2 nitrogen and oxygen atoms in total. The molecule has 0 saturated carbocycles. The Morgan fingerprint density at radius 3 is 2.53 bits per heavy atom. The summed E-state index contributed by atoms with van der Waals surface area (Å²) in [4.78, 5) is 0. The molecule has 0 radical (unpaired) electrons. The number of ether oxygens (including phenoxy) is 1. The molecule has 2 rings (SSSR count). The van der Waals surface area contributed by atoms with Crippen LogP contribution in [0.2, 0.25) is 5.02 Å². The average Bonchev–Trinajstić information content (AvgIpc) is 2.41. The van der Waals surface area contributed by atoms with Gasteiger partial charge in [-0.05, 0) is 35.9 Å². The van der Waals surface area contributed by atoms with Crippen LogP contribution in [0.25, 0.3) is 0 Å². The number of benzene rings is 2. The van der Waals surface area contributed by atoms with Gasteiger partial charge in [0.15, 0.2) is 0 Å². The first-order valence-corrected chi connectivity index (χ1v) is 6.31. The van der Waals surface area contributed by atoms with Gasteiger partial charge in [0.2, 0.25) is 0 Å². The second kappa shape index (κ2) is 6.55. The zero-order valence-electron chi connectivity index (χ0n) is 10.2. The molecular formula is C15H14ClFO2. The Morgan fingerprint density at radius 2 is 1.89 bits per heavy atom. The minimum atomic E-state index is -0.295. The van der Waals surface area contributed by atoms with E-state index in [9.17, 15) is 9.50 Å². The van der Waals surface area contributed by atoms with E-state index in [1.54, 1.807) is 36.4 Å². The van der Waals surface area contributed by atoms with E-state index in [4.69, 9.17) is 16.3 Å². The number of hydrogen-bond donors (Lipinski definition) is 1. The van der Waals surface area contributed by atoms with Gasteiger partial charge < -0.3 is 9.84 Å². The molecule has 2 aromatic carbocycles. The summed E-state index contributed by atoms with van der Waals surface area (Å²) in [6.45, 7) is 0.245. The molecule has 1 N–H and O–H groups in total. The first kappa shape index (κ1) is 13.8. The molecule has 100 valence electrons. The molecule has 1 unspecified atom stereocenters. The molecule has 0 aromatic heterocycles. The maximum atomic E-state index is 12.8. The van der Waals surface area contributed by atoms with Gasteiger partial charge in [0.05, 0.1) is 13.2 Å². The Kier molecular flexibility index (Phi) is 4.77. The number of hydrogen-bond acceptors (Lipinski definition) is 2. The summed E-state index contributed by atoms with van der Waals surface area (Å²) in [5.74, 6) is 0.156. The van der Waals surface area contributed by atoms with Gasteiger partial charge in [0.1, 0.15) is 11.6 Å². The molecule has 0 aliphatic heterocycles. The third-order valence-electron chi connectivity index (χ3n) is 2.81. The van der Waals surface area contributed by atoms with Crippen molar-refractivity contribution in [3.05, 3.63) is 64.9 Å². The molecule has 0 aliphatic rings. The van der Waals surface area contributed by atoms with E-state index in [2.05, 4.69) is 0 Å². The normalized spacial score (nSPS) is 12.2. The minimum absolute atomic E-state index is 0.0633. The Bertz CT molecular complexity index is 528. The summed E-state index contributed by atoms with van der Waals surface area (Å²) >= 11 is 5.86. The highest BCUT2D eigenvalue weighted by Gasteiger charge is 2.11. The lowest BCUT2D eigenvalue weighted by Gasteiger charge is -2.16. The third-order valence-corrected chi connectivity index (χ3v) is 3.04. The van der Waals surface area contributed by atoms with Crippen molar-refractivity contribution in [2.45, 2.75) is 5.92 Å². The molecule has 0 fully saturated rings. The van der Waals surface area contributed by atoms with E-state index in [-0.39, 0.29) is 18.3 Å². The van der Waals surface area contributed by atoms with Gasteiger partial charge in [-0.25, -0.2) is 4.39 Å². The monoisotopic (exact) mass is 280 g/mol. The predicted molar refractivity (Wildman–Crippen MR) is 73.2 cm³/mol. The van der Waals surface area contributed by atoms with E-state index >= 15 is 0 Å². The fourth-order valence-electron chi connectivity index (χ4n) is 1.74. The molecule has 0 amide bonds. The summed E-state index contributed by atoms with van der Waals surface area (Å²) in [5, 5.41) is 9.98. The van der Waals surface area contributed by atoms with Crippen molar-refractivity contribution in [2.75, 3.05) is 13.2 Å². The van der Waals surface area contributed by atoms with Crippen molar-refractivity contribution in [3.8, 4) is 5.75 Å². The highest BCUT2D eigenvalue weighted by molar-refractivity contribution is 6.30. The molecule has 0 saturated heterocycles. The van der Waals surface area contributed by atoms with Crippen LogP contribution in [-0.4, -0.2) is 18.3 Å². The van der Waals surface area contributed by atoms with Gasteiger partial charge in [-0.15, -0.1) is 0 Å². The van der Waals surface area contributed by atoms with E-state index in [0.717, 1.165) is 5.56 Å². The van der Waals surface area contributed by atoms with Gasteiger partial charge in [0.25, 0.3) is 0 Å². The van der Waals surface area contributed by atoms with Gasteiger partial charge in [-0.1, -0.05) is 29.8 Å². The highest BCUT2D eigenvalue weighted by Crippen LogP contribution is 2.21. The molecule has 0 bridgehead atoms. The standard InChI is InChI=1S/C15H14ClFO2/c16-13-2-1-3-15(8-13)19-10-12(9-18)11-4-6-14(17)7-5-11/h1-8,12,18H,9-10H2. The van der Waals surface area contributed by atoms with Crippen molar-refractivity contribution in [2.24, 2.45) is 0 Å². The zero-order chi connectivity index (χ0) is 13.7. The van der Waals surface area contributed by atoms with Crippen molar-refractivity contribution < 1.29 is 14.2 Å². The summed E-state index contributed by atoms with van der Waals surface area (Å²) < 4.78 is 18.4. The molecule has 0 spiro atoms. The fourth-order valence-corrected chi connectivity index (χ4v) is 1.92. The van der Waals surface area contributed by atoms with Crippen LogP contribution < -0.4 is 4.74 Å². The van der Waals surface area contributed by atoms with Crippen molar-refractivity contribution in [3.63, 3.8) is 0 Å². The maximum absolute atomic E-state index is 12.8. The van der Waals surface area contributed by atoms with Crippen LogP contribution in [-0.2, 0) is 0 Å². The predicted octanol–water partition coefficient (Wildman–Crippen LogP) is 3.63. The molecule has 4 heteroatoms. The highest BCUT2D eigenvalue weighted by atomic mass is 35.5. The van der Waals surface area contributed by atoms with Crippen LogP contribution >= 0.6 is 11.6 Å². The zero-order valence-corrected chi connectivity index (χ0v) is 11.0. The van der Waals surface area contributed by atoms with Crippen molar-refractivity contribution in [1.29, 1.82) is 0 Å². The Balaban J connectivity index is 2.01. The number of halogens is 2. The van der Waals surface area contributed by atoms with Gasteiger partial charge in [0, 0.05) is 10.9 Å². The van der Waals surface area contributed by atoms with Crippen LogP contribution in [0.1, 0.15) is 11.5 Å². The van der Waals surface area contributed by atoms with Crippen LogP contribution in [0.4, 0.5) is 4.39 Å². The van der Waals surface area contributed by atoms with Crippen molar-refractivity contribution >= 4 is 11.6 Å². The van der Waals surface area contributed by atoms with Crippen LogP contribution in [0.5, 0.6) is 5.75 Å². The molecule has 0 aliphatic carbocycles. The molecule has 19 heavy (non-hydrogen) atoms. The van der Waals surface area contributed by atoms with E-state index < -0.39 is 0 Å². The lowest BCUT2D eigenvalue weighted by molar-refractivity contribution is 0.205. The molecule has 1 atom stereocenters. The summed E-state index contributed by atoms with van der Waals surface area (Å²) in [6, 6.07) is 13.1. The molecular weight excluding hydrogens is 267 g/mol. The van der Waals surface area contributed by atoms with Crippen LogP contribution in [0.3, 0.4) is 0 Å². The Hall–Kier alpha value is -1.58. The van der Waals surface area contributed by atoms with Crippen LogP contribution in [0.15, 0.2) is 48.5 Å². The smallest absolute Gasteiger partial charge is 0.123 e.